The SMILES string of the molecule is CCOC(=O)Cc1csc(N2CC[C@H](NC(=O)OCc3ccccc3)[C@H](OC)C2)n1. The molecule has 1 aromatic carbocycles. The molecule has 1 amide bonds. The number of hydrogen-bond donors (Lipinski definition) is 1. The maximum atomic E-state index is 12.2. The smallest absolute Gasteiger partial charge is 0.407 e. The van der Waals surface area contributed by atoms with E-state index in [0.29, 0.717) is 25.3 Å². The molecule has 0 unspecified atom stereocenters. The number of nitrogens with zero attached hydrogens (tertiary/aromatic N) is 2. The van der Waals surface area contributed by atoms with Crippen LogP contribution in [0.15, 0.2) is 35.7 Å². The van der Waals surface area contributed by atoms with Crippen LogP contribution < -0.4 is 10.2 Å². The first-order valence-corrected chi connectivity index (χ1v) is 10.8. The van der Waals surface area contributed by atoms with Crippen LogP contribution in [0.4, 0.5) is 9.93 Å². The Morgan fingerprint density at radius 1 is 1.27 bits per heavy atom. The summed E-state index contributed by atoms with van der Waals surface area (Å²) in [4.78, 5) is 30.5. The van der Waals surface area contributed by atoms with Gasteiger partial charge in [0.2, 0.25) is 0 Å². The van der Waals surface area contributed by atoms with Crippen molar-refractivity contribution in [2.75, 3.05) is 31.7 Å². The van der Waals surface area contributed by atoms with E-state index in [1.54, 1.807) is 14.0 Å². The topological polar surface area (TPSA) is 90.0 Å². The molecule has 30 heavy (non-hydrogen) atoms. The first kappa shape index (κ1) is 22.0. The fourth-order valence-corrected chi connectivity index (χ4v) is 4.16. The van der Waals surface area contributed by atoms with Gasteiger partial charge in [-0.1, -0.05) is 30.3 Å². The number of alkyl carbamates (subject to hydrolysis) is 1. The summed E-state index contributed by atoms with van der Waals surface area (Å²) in [6, 6.07) is 9.41. The fourth-order valence-electron chi connectivity index (χ4n) is 3.29. The van der Waals surface area contributed by atoms with Crippen molar-refractivity contribution >= 4 is 28.5 Å². The van der Waals surface area contributed by atoms with Gasteiger partial charge in [-0.15, -0.1) is 11.3 Å². The van der Waals surface area contributed by atoms with Crippen LogP contribution >= 0.6 is 11.3 Å². The van der Waals surface area contributed by atoms with Crippen LogP contribution in [0, 0.1) is 0 Å². The molecule has 2 atom stereocenters. The Balaban J connectivity index is 1.50. The number of nitrogens with one attached hydrogen (secondary N) is 1. The lowest BCUT2D eigenvalue weighted by Gasteiger charge is -2.37. The van der Waals surface area contributed by atoms with E-state index in [0.717, 1.165) is 17.2 Å². The van der Waals surface area contributed by atoms with E-state index in [4.69, 9.17) is 14.2 Å². The van der Waals surface area contributed by atoms with Crippen LogP contribution in [0.3, 0.4) is 0 Å². The number of esters is 1. The van der Waals surface area contributed by atoms with E-state index in [-0.39, 0.29) is 31.1 Å². The normalized spacial score (nSPS) is 18.7. The molecule has 1 fully saturated rings. The molecular weight excluding hydrogens is 406 g/mol. The second-order valence-corrected chi connectivity index (χ2v) is 7.76. The number of carbonyl (C=O) groups excluding carboxylic acids is 2. The number of rotatable bonds is 8. The van der Waals surface area contributed by atoms with Crippen molar-refractivity contribution < 1.29 is 23.8 Å². The zero-order valence-electron chi connectivity index (χ0n) is 17.2. The van der Waals surface area contributed by atoms with E-state index in [2.05, 4.69) is 15.2 Å². The van der Waals surface area contributed by atoms with E-state index in [9.17, 15) is 9.59 Å². The molecule has 0 radical (unpaired) electrons. The molecule has 9 heteroatoms. The highest BCUT2D eigenvalue weighted by atomic mass is 32.1. The summed E-state index contributed by atoms with van der Waals surface area (Å²) in [5.41, 5.74) is 1.64. The zero-order chi connectivity index (χ0) is 21.3. The molecule has 1 aliphatic heterocycles. The number of benzene rings is 1. The molecule has 2 aromatic rings. The first-order valence-electron chi connectivity index (χ1n) is 9.94. The van der Waals surface area contributed by atoms with Crippen molar-refractivity contribution in [3.8, 4) is 0 Å². The highest BCUT2D eigenvalue weighted by Gasteiger charge is 2.32. The number of thiazole rings is 1. The molecule has 3 rings (SSSR count). The molecule has 0 aliphatic carbocycles. The number of amides is 1. The highest BCUT2D eigenvalue weighted by Crippen LogP contribution is 2.25. The van der Waals surface area contributed by atoms with Gasteiger partial charge >= 0.3 is 12.1 Å². The predicted molar refractivity (Wildman–Crippen MR) is 114 cm³/mol. The quantitative estimate of drug-likeness (QED) is 0.640. The Hall–Kier alpha value is -2.65. The summed E-state index contributed by atoms with van der Waals surface area (Å²) in [5.74, 6) is -0.277. The summed E-state index contributed by atoms with van der Waals surface area (Å²) in [6.07, 6.45) is 0.223. The molecule has 1 saturated heterocycles. The third kappa shape index (κ3) is 6.17. The van der Waals surface area contributed by atoms with Gasteiger partial charge in [-0.2, -0.15) is 0 Å². The summed E-state index contributed by atoms with van der Waals surface area (Å²) < 4.78 is 15.9. The molecule has 162 valence electrons. The first-order chi connectivity index (χ1) is 14.6. The summed E-state index contributed by atoms with van der Waals surface area (Å²) in [6.45, 7) is 3.68. The fraction of sp³-hybridized carbons (Fsp3) is 0.476. The lowest BCUT2D eigenvalue weighted by atomic mass is 10.0. The number of aromatic nitrogens is 1. The largest absolute Gasteiger partial charge is 0.466 e. The highest BCUT2D eigenvalue weighted by molar-refractivity contribution is 7.13. The second kappa shape index (κ2) is 10.9. The van der Waals surface area contributed by atoms with E-state index in [1.165, 1.54) is 11.3 Å². The molecule has 0 saturated carbocycles. The lowest BCUT2D eigenvalue weighted by Crippen LogP contribution is -2.55. The van der Waals surface area contributed by atoms with Crippen LogP contribution in [0.2, 0.25) is 0 Å². The maximum absolute atomic E-state index is 12.2. The minimum absolute atomic E-state index is 0.145. The average Bonchev–Trinajstić information content (AvgIpc) is 3.22. The van der Waals surface area contributed by atoms with Gasteiger partial charge in [0.25, 0.3) is 0 Å². The number of methoxy groups -OCH3 is 1. The van der Waals surface area contributed by atoms with E-state index in [1.807, 2.05) is 35.7 Å². The monoisotopic (exact) mass is 433 g/mol. The van der Waals surface area contributed by atoms with Crippen molar-refractivity contribution in [2.45, 2.75) is 38.5 Å². The van der Waals surface area contributed by atoms with Gasteiger partial charge in [0.05, 0.1) is 30.9 Å². The van der Waals surface area contributed by atoms with Gasteiger partial charge < -0.3 is 24.4 Å². The van der Waals surface area contributed by atoms with Gasteiger partial charge in [0.1, 0.15) is 6.61 Å². The third-order valence-electron chi connectivity index (χ3n) is 4.82. The van der Waals surface area contributed by atoms with Crippen molar-refractivity contribution in [2.24, 2.45) is 0 Å². The molecule has 1 aliphatic rings. The van der Waals surface area contributed by atoms with Crippen LogP contribution in [0.25, 0.3) is 0 Å². The number of ether oxygens (including phenoxy) is 3. The van der Waals surface area contributed by atoms with Gasteiger partial charge in [-0.25, -0.2) is 9.78 Å². The molecule has 0 spiro atoms. The minimum atomic E-state index is -0.453. The summed E-state index contributed by atoms with van der Waals surface area (Å²) in [7, 11) is 1.63. The van der Waals surface area contributed by atoms with Crippen molar-refractivity contribution in [1.29, 1.82) is 0 Å². The zero-order valence-corrected chi connectivity index (χ0v) is 18.0. The molecular formula is C21H27N3O5S. The van der Waals surface area contributed by atoms with Crippen LogP contribution in [-0.2, 0) is 32.0 Å². The van der Waals surface area contributed by atoms with E-state index >= 15 is 0 Å². The van der Waals surface area contributed by atoms with E-state index < -0.39 is 6.09 Å². The van der Waals surface area contributed by atoms with Crippen molar-refractivity contribution in [3.05, 3.63) is 47.0 Å². The standard InChI is InChI=1S/C21H27N3O5S/c1-3-28-19(25)11-16-14-30-20(22-16)24-10-9-17(18(12-24)27-2)23-21(26)29-13-15-7-5-4-6-8-15/h4-8,14,17-18H,3,9-13H2,1-2H3,(H,23,26)/t17-,18+/m0/s1. The number of anilines is 1. The Morgan fingerprint density at radius 2 is 2.07 bits per heavy atom. The number of hydrogen-bond acceptors (Lipinski definition) is 8. The Morgan fingerprint density at radius 3 is 2.80 bits per heavy atom. The van der Waals surface area contributed by atoms with Gasteiger partial charge in [-0.3, -0.25) is 4.79 Å². The Bertz CT molecular complexity index is 829. The third-order valence-corrected chi connectivity index (χ3v) is 5.77. The van der Waals surface area contributed by atoms with Crippen molar-refractivity contribution in [3.63, 3.8) is 0 Å². The Labute approximate surface area is 180 Å². The van der Waals surface area contributed by atoms with Crippen LogP contribution in [-0.4, -0.2) is 56.0 Å². The second-order valence-electron chi connectivity index (χ2n) is 6.92. The molecule has 1 N–H and O–H groups in total. The van der Waals surface area contributed by atoms with Crippen LogP contribution in [0.1, 0.15) is 24.6 Å². The number of piperidine rings is 1. The molecule has 0 bridgehead atoms. The maximum Gasteiger partial charge on any atom is 0.407 e. The number of carbonyl (C=O) groups is 2. The Kier molecular flexibility index (Phi) is 8.04. The molecule has 1 aromatic heterocycles. The van der Waals surface area contributed by atoms with Crippen molar-refractivity contribution in [1.82, 2.24) is 10.3 Å². The summed E-state index contributed by atoms with van der Waals surface area (Å²) in [5, 5.41) is 5.63. The van der Waals surface area contributed by atoms with Gasteiger partial charge in [-0.05, 0) is 18.9 Å². The van der Waals surface area contributed by atoms with Gasteiger partial charge in [0.15, 0.2) is 5.13 Å². The van der Waals surface area contributed by atoms with Gasteiger partial charge in [0, 0.05) is 25.6 Å². The van der Waals surface area contributed by atoms with Crippen LogP contribution in [0.5, 0.6) is 0 Å². The molecule has 8 nitrogen and oxygen atoms in total. The average molecular weight is 434 g/mol. The predicted octanol–water partition coefficient (Wildman–Crippen LogP) is 2.77. The summed E-state index contributed by atoms with van der Waals surface area (Å²) >= 11 is 1.49. The molecule has 2 heterocycles. The lowest BCUT2D eigenvalue weighted by molar-refractivity contribution is -0.142. The minimum Gasteiger partial charge on any atom is -0.466 e.